The molecule has 1 aromatic carbocycles. The van der Waals surface area contributed by atoms with Gasteiger partial charge in [-0.3, -0.25) is 4.79 Å². The van der Waals surface area contributed by atoms with Gasteiger partial charge < -0.3 is 4.74 Å². The van der Waals surface area contributed by atoms with Gasteiger partial charge >= 0.3 is 0 Å². The summed E-state index contributed by atoms with van der Waals surface area (Å²) in [6.07, 6.45) is 1.83. The second kappa shape index (κ2) is 4.78. The van der Waals surface area contributed by atoms with Gasteiger partial charge in [0.25, 0.3) is 0 Å². The molecule has 3 rings (SSSR count). The quantitative estimate of drug-likeness (QED) is 0.774. The molecule has 18 heavy (non-hydrogen) atoms. The zero-order valence-electron chi connectivity index (χ0n) is 9.82. The maximum atomic E-state index is 13.1. The summed E-state index contributed by atoms with van der Waals surface area (Å²) >= 11 is 1.44. The normalized spacial score (nSPS) is 20.2. The van der Waals surface area contributed by atoms with E-state index in [-0.39, 0.29) is 17.5 Å². The lowest BCUT2D eigenvalue weighted by atomic mass is 9.96. The van der Waals surface area contributed by atoms with Crippen molar-refractivity contribution >= 4 is 27.2 Å². The van der Waals surface area contributed by atoms with Gasteiger partial charge in [-0.05, 0) is 42.5 Å². The molecular weight excluding hydrogens is 251 g/mol. The minimum Gasteiger partial charge on any atom is -0.381 e. The van der Waals surface area contributed by atoms with Crippen molar-refractivity contribution < 1.29 is 13.9 Å². The minimum atomic E-state index is -0.264. The average Bonchev–Trinajstić information content (AvgIpc) is 2.81. The summed E-state index contributed by atoms with van der Waals surface area (Å²) in [7, 11) is 0. The third-order valence-corrected chi connectivity index (χ3v) is 4.38. The van der Waals surface area contributed by atoms with E-state index in [4.69, 9.17) is 4.74 Å². The van der Waals surface area contributed by atoms with Crippen molar-refractivity contribution in [3.05, 3.63) is 35.0 Å². The fraction of sp³-hybridized carbons (Fsp3) is 0.357. The topological polar surface area (TPSA) is 26.3 Å². The van der Waals surface area contributed by atoms with Gasteiger partial charge in [0.15, 0.2) is 5.78 Å². The average molecular weight is 264 g/mol. The Morgan fingerprint density at radius 2 is 2.28 bits per heavy atom. The molecule has 0 radical (unpaired) electrons. The molecule has 1 aromatic heterocycles. The van der Waals surface area contributed by atoms with Gasteiger partial charge in [0.2, 0.25) is 0 Å². The minimum absolute atomic E-state index is 0.0309. The predicted molar refractivity (Wildman–Crippen MR) is 69.7 cm³/mol. The van der Waals surface area contributed by atoms with Crippen LogP contribution >= 0.6 is 11.3 Å². The van der Waals surface area contributed by atoms with Gasteiger partial charge in [0.05, 0.1) is 11.5 Å². The summed E-state index contributed by atoms with van der Waals surface area (Å²) in [5.41, 5.74) is 0. The SMILES string of the molecule is O=C(c1cc2cc(F)ccc2s1)C1CCCOC1. The number of ether oxygens (including phenoxy) is 1. The standard InChI is InChI=1S/C14H13FO2S/c15-11-3-4-12-10(6-11)7-13(18-12)14(16)9-2-1-5-17-8-9/h3-4,6-7,9H,1-2,5,8H2. The molecular formula is C14H13FO2S. The van der Waals surface area contributed by atoms with Crippen LogP contribution in [0.3, 0.4) is 0 Å². The maximum absolute atomic E-state index is 13.1. The Kier molecular flexibility index (Phi) is 3.14. The number of carbonyl (C=O) groups is 1. The van der Waals surface area contributed by atoms with E-state index in [0.29, 0.717) is 11.5 Å². The molecule has 1 unspecified atom stereocenters. The smallest absolute Gasteiger partial charge is 0.178 e. The molecule has 1 aliphatic heterocycles. The van der Waals surface area contributed by atoms with Gasteiger partial charge in [-0.25, -0.2) is 4.39 Å². The van der Waals surface area contributed by atoms with E-state index >= 15 is 0 Å². The van der Waals surface area contributed by atoms with Crippen molar-refractivity contribution in [1.82, 2.24) is 0 Å². The zero-order valence-corrected chi connectivity index (χ0v) is 10.6. The van der Waals surface area contributed by atoms with Crippen LogP contribution in [0.5, 0.6) is 0 Å². The molecule has 0 bridgehead atoms. The summed E-state index contributed by atoms with van der Waals surface area (Å²) in [6, 6.07) is 6.42. The number of thiophene rings is 1. The van der Waals surface area contributed by atoms with Crippen molar-refractivity contribution in [2.45, 2.75) is 12.8 Å². The van der Waals surface area contributed by atoms with Gasteiger partial charge in [-0.1, -0.05) is 0 Å². The first kappa shape index (κ1) is 11.8. The van der Waals surface area contributed by atoms with Crippen LogP contribution in [0.4, 0.5) is 4.39 Å². The fourth-order valence-electron chi connectivity index (χ4n) is 2.28. The van der Waals surface area contributed by atoms with Crippen LogP contribution in [0.25, 0.3) is 10.1 Å². The van der Waals surface area contributed by atoms with Crippen LogP contribution < -0.4 is 0 Å². The Morgan fingerprint density at radius 1 is 1.39 bits per heavy atom. The molecule has 1 atom stereocenters. The lowest BCUT2D eigenvalue weighted by Crippen LogP contribution is -2.24. The van der Waals surface area contributed by atoms with Gasteiger partial charge in [0.1, 0.15) is 5.82 Å². The van der Waals surface area contributed by atoms with E-state index in [0.717, 1.165) is 29.5 Å². The fourth-order valence-corrected chi connectivity index (χ4v) is 3.35. The number of fused-ring (bicyclic) bond motifs is 1. The molecule has 0 N–H and O–H groups in total. The highest BCUT2D eigenvalue weighted by Gasteiger charge is 2.24. The third-order valence-electron chi connectivity index (χ3n) is 3.25. The number of hydrogen-bond donors (Lipinski definition) is 0. The van der Waals surface area contributed by atoms with Crippen LogP contribution in [-0.4, -0.2) is 19.0 Å². The maximum Gasteiger partial charge on any atom is 0.178 e. The van der Waals surface area contributed by atoms with Crippen LogP contribution in [0.2, 0.25) is 0 Å². The summed E-state index contributed by atoms with van der Waals surface area (Å²) in [5.74, 6) is -0.159. The highest BCUT2D eigenvalue weighted by atomic mass is 32.1. The first-order chi connectivity index (χ1) is 8.74. The van der Waals surface area contributed by atoms with Crippen molar-refractivity contribution in [2.24, 2.45) is 5.92 Å². The molecule has 94 valence electrons. The predicted octanol–water partition coefficient (Wildman–Crippen LogP) is 3.65. The number of Topliss-reactive ketones (excluding diaryl/α,β-unsaturated/α-hetero) is 1. The van der Waals surface area contributed by atoms with Crippen LogP contribution in [-0.2, 0) is 4.74 Å². The molecule has 1 fully saturated rings. The molecule has 0 saturated carbocycles. The van der Waals surface area contributed by atoms with E-state index in [2.05, 4.69) is 0 Å². The van der Waals surface area contributed by atoms with E-state index in [1.54, 1.807) is 12.1 Å². The van der Waals surface area contributed by atoms with Gasteiger partial charge in [-0.2, -0.15) is 0 Å². The molecule has 0 aliphatic carbocycles. The molecule has 2 heterocycles. The Bertz CT molecular complexity index is 584. The number of hydrogen-bond acceptors (Lipinski definition) is 3. The first-order valence-electron chi connectivity index (χ1n) is 6.05. The second-order valence-corrected chi connectivity index (χ2v) is 5.65. The summed E-state index contributed by atoms with van der Waals surface area (Å²) in [5, 5.41) is 0.806. The Hall–Kier alpha value is -1.26. The van der Waals surface area contributed by atoms with Crippen molar-refractivity contribution in [3.63, 3.8) is 0 Å². The Balaban J connectivity index is 1.91. The molecule has 1 saturated heterocycles. The van der Waals surface area contributed by atoms with Crippen LogP contribution in [0, 0.1) is 11.7 Å². The number of halogens is 1. The third kappa shape index (κ3) is 2.18. The molecule has 2 nitrogen and oxygen atoms in total. The lowest BCUT2D eigenvalue weighted by molar-refractivity contribution is 0.0464. The zero-order chi connectivity index (χ0) is 12.5. The number of carbonyl (C=O) groups excluding carboxylic acids is 1. The largest absolute Gasteiger partial charge is 0.381 e. The van der Waals surface area contributed by atoms with E-state index in [1.807, 2.05) is 0 Å². The highest BCUT2D eigenvalue weighted by molar-refractivity contribution is 7.20. The van der Waals surface area contributed by atoms with Crippen molar-refractivity contribution in [1.29, 1.82) is 0 Å². The monoisotopic (exact) mass is 264 g/mol. The summed E-state index contributed by atoms with van der Waals surface area (Å²) in [4.78, 5) is 13.0. The lowest BCUT2D eigenvalue weighted by Gasteiger charge is -2.19. The summed E-state index contributed by atoms with van der Waals surface area (Å²) < 4.78 is 19.4. The summed E-state index contributed by atoms with van der Waals surface area (Å²) in [6.45, 7) is 1.27. The molecule has 0 spiro atoms. The van der Waals surface area contributed by atoms with E-state index in [1.165, 1.54) is 23.5 Å². The molecule has 4 heteroatoms. The van der Waals surface area contributed by atoms with Crippen LogP contribution in [0.1, 0.15) is 22.5 Å². The number of benzene rings is 1. The molecule has 0 amide bonds. The Labute approximate surface area is 108 Å². The molecule has 1 aliphatic rings. The number of ketones is 1. The van der Waals surface area contributed by atoms with Gasteiger partial charge in [-0.15, -0.1) is 11.3 Å². The van der Waals surface area contributed by atoms with Crippen molar-refractivity contribution in [3.8, 4) is 0 Å². The van der Waals surface area contributed by atoms with E-state index in [9.17, 15) is 9.18 Å². The number of rotatable bonds is 2. The molecule has 2 aromatic rings. The van der Waals surface area contributed by atoms with E-state index < -0.39 is 0 Å². The van der Waals surface area contributed by atoms with Crippen LogP contribution in [0.15, 0.2) is 24.3 Å². The van der Waals surface area contributed by atoms with Crippen molar-refractivity contribution in [2.75, 3.05) is 13.2 Å². The highest BCUT2D eigenvalue weighted by Crippen LogP contribution is 2.29. The second-order valence-electron chi connectivity index (χ2n) is 4.57. The first-order valence-corrected chi connectivity index (χ1v) is 6.87. The Morgan fingerprint density at radius 3 is 3.06 bits per heavy atom. The van der Waals surface area contributed by atoms with Gasteiger partial charge in [0, 0.05) is 17.2 Å².